The van der Waals surface area contributed by atoms with Gasteiger partial charge in [-0.1, -0.05) is 20.3 Å². The van der Waals surface area contributed by atoms with Crippen molar-refractivity contribution >= 4 is 27.6 Å². The summed E-state index contributed by atoms with van der Waals surface area (Å²) in [4.78, 5) is 26.4. The van der Waals surface area contributed by atoms with E-state index in [1.54, 1.807) is 13.0 Å². The number of piperidine rings is 1. The van der Waals surface area contributed by atoms with Crippen LogP contribution in [0.4, 0.5) is 5.69 Å². The molecule has 1 aromatic carbocycles. The molecule has 1 unspecified atom stereocenters. The minimum absolute atomic E-state index is 0.0481. The van der Waals surface area contributed by atoms with Crippen molar-refractivity contribution in [3.8, 4) is 5.75 Å². The van der Waals surface area contributed by atoms with Gasteiger partial charge in [0.15, 0.2) is 0 Å². The molecule has 2 rings (SSSR count). The fraction of sp³-hybridized carbons (Fsp3) is 0.636. The van der Waals surface area contributed by atoms with Gasteiger partial charge in [0.25, 0.3) is 0 Å². The number of sulfonamides is 1. The molecule has 32 heavy (non-hydrogen) atoms. The van der Waals surface area contributed by atoms with E-state index in [-0.39, 0.29) is 29.2 Å². The van der Waals surface area contributed by atoms with Crippen LogP contribution in [0.15, 0.2) is 23.1 Å². The van der Waals surface area contributed by atoms with Crippen molar-refractivity contribution in [1.29, 1.82) is 0 Å². The van der Waals surface area contributed by atoms with Crippen molar-refractivity contribution < 1.29 is 27.5 Å². The minimum Gasteiger partial charge on any atom is -0.492 e. The molecular formula is C22H35N3O6S. The molecule has 1 aliphatic rings. The monoisotopic (exact) mass is 469 g/mol. The van der Waals surface area contributed by atoms with Crippen molar-refractivity contribution in [3.63, 3.8) is 0 Å². The zero-order valence-corrected chi connectivity index (χ0v) is 20.2. The Bertz CT molecular complexity index is 884. The summed E-state index contributed by atoms with van der Waals surface area (Å²) >= 11 is 0. The van der Waals surface area contributed by atoms with Gasteiger partial charge >= 0.3 is 5.97 Å². The van der Waals surface area contributed by atoms with Crippen LogP contribution in [0.1, 0.15) is 40.0 Å². The largest absolute Gasteiger partial charge is 0.492 e. The Hall–Kier alpha value is -2.17. The average Bonchev–Trinajstić information content (AvgIpc) is 2.79. The third-order valence-electron chi connectivity index (χ3n) is 5.43. The number of rotatable bonds is 11. The summed E-state index contributed by atoms with van der Waals surface area (Å²) in [7, 11) is -2.31. The van der Waals surface area contributed by atoms with Crippen molar-refractivity contribution in [2.75, 3.05) is 51.8 Å². The van der Waals surface area contributed by atoms with Gasteiger partial charge < -0.3 is 14.8 Å². The highest BCUT2D eigenvalue weighted by Crippen LogP contribution is 2.30. The van der Waals surface area contributed by atoms with Gasteiger partial charge in [0.05, 0.1) is 36.8 Å². The normalized spacial score (nSPS) is 15.9. The van der Waals surface area contributed by atoms with E-state index in [4.69, 9.17) is 9.47 Å². The zero-order valence-electron chi connectivity index (χ0n) is 19.4. The highest BCUT2D eigenvalue weighted by Gasteiger charge is 2.27. The van der Waals surface area contributed by atoms with Crippen molar-refractivity contribution in [1.82, 2.24) is 9.21 Å². The third-order valence-corrected chi connectivity index (χ3v) is 7.32. The first-order valence-electron chi connectivity index (χ1n) is 11.1. The quantitative estimate of drug-likeness (QED) is 0.496. The number of benzene rings is 1. The van der Waals surface area contributed by atoms with Crippen molar-refractivity contribution in [3.05, 3.63) is 18.2 Å². The Morgan fingerprint density at radius 1 is 1.19 bits per heavy atom. The van der Waals surface area contributed by atoms with Crippen LogP contribution in [-0.4, -0.2) is 75.9 Å². The molecule has 0 radical (unpaired) electrons. The van der Waals surface area contributed by atoms with Crippen LogP contribution in [0.5, 0.6) is 5.75 Å². The van der Waals surface area contributed by atoms with Crippen LogP contribution in [0.2, 0.25) is 0 Å². The number of nitrogens with zero attached hydrogens (tertiary/aromatic N) is 2. The molecule has 180 valence electrons. The van der Waals surface area contributed by atoms with Gasteiger partial charge in [0, 0.05) is 19.6 Å². The van der Waals surface area contributed by atoms with Gasteiger partial charge in [-0.3, -0.25) is 14.5 Å². The van der Waals surface area contributed by atoms with Gasteiger partial charge in [0.1, 0.15) is 5.75 Å². The molecule has 0 bridgehead atoms. The molecule has 1 amide bonds. The zero-order chi connectivity index (χ0) is 23.7. The van der Waals surface area contributed by atoms with E-state index >= 15 is 0 Å². The average molecular weight is 470 g/mol. The Morgan fingerprint density at radius 3 is 2.47 bits per heavy atom. The molecule has 1 heterocycles. The van der Waals surface area contributed by atoms with Gasteiger partial charge in [-0.2, -0.15) is 4.31 Å². The van der Waals surface area contributed by atoms with Gasteiger partial charge in [0.2, 0.25) is 15.9 Å². The highest BCUT2D eigenvalue weighted by molar-refractivity contribution is 7.89. The van der Waals surface area contributed by atoms with Crippen molar-refractivity contribution in [2.45, 2.75) is 44.9 Å². The summed E-state index contributed by atoms with van der Waals surface area (Å²) < 4.78 is 37.9. The summed E-state index contributed by atoms with van der Waals surface area (Å²) in [6.45, 7) is 7.82. The SMILES string of the molecule is CCOc1ccc(S(=O)(=O)N2CCCCC2)cc1NC(=O)CN(CC)CC(C)C(=O)OC. The molecule has 0 spiro atoms. The van der Waals surface area contributed by atoms with Crippen LogP contribution in [0.25, 0.3) is 0 Å². The van der Waals surface area contributed by atoms with Gasteiger partial charge in [-0.25, -0.2) is 8.42 Å². The number of esters is 1. The van der Waals surface area contributed by atoms with E-state index in [9.17, 15) is 18.0 Å². The minimum atomic E-state index is -3.64. The fourth-order valence-electron chi connectivity index (χ4n) is 3.66. The van der Waals surface area contributed by atoms with E-state index in [1.165, 1.54) is 23.5 Å². The lowest BCUT2D eigenvalue weighted by molar-refractivity contribution is -0.145. The number of carbonyl (C=O) groups excluding carboxylic acids is 2. The molecule has 1 aliphatic heterocycles. The molecule has 1 atom stereocenters. The number of carbonyl (C=O) groups is 2. The molecule has 1 N–H and O–H groups in total. The summed E-state index contributed by atoms with van der Waals surface area (Å²) in [6.07, 6.45) is 2.71. The first kappa shape index (κ1) is 26.1. The Kier molecular flexibility index (Phi) is 9.92. The predicted octanol–water partition coefficient (Wildman–Crippen LogP) is 2.33. The van der Waals surface area contributed by atoms with Crippen LogP contribution in [0, 0.1) is 5.92 Å². The first-order valence-corrected chi connectivity index (χ1v) is 12.5. The maximum absolute atomic E-state index is 13.1. The lowest BCUT2D eigenvalue weighted by Gasteiger charge is -2.26. The molecule has 0 aliphatic carbocycles. The summed E-state index contributed by atoms with van der Waals surface area (Å²) in [5.41, 5.74) is 0.312. The number of nitrogens with one attached hydrogen (secondary N) is 1. The smallest absolute Gasteiger partial charge is 0.309 e. The Labute approximate surface area is 191 Å². The maximum atomic E-state index is 13.1. The molecule has 0 saturated carbocycles. The second-order valence-corrected chi connectivity index (χ2v) is 9.79. The van der Waals surface area contributed by atoms with Crippen molar-refractivity contribution in [2.24, 2.45) is 5.92 Å². The second-order valence-electron chi connectivity index (χ2n) is 7.86. The highest BCUT2D eigenvalue weighted by atomic mass is 32.2. The lowest BCUT2D eigenvalue weighted by Crippen LogP contribution is -2.38. The molecular weight excluding hydrogens is 434 g/mol. The number of methoxy groups -OCH3 is 1. The molecule has 9 nitrogen and oxygen atoms in total. The van der Waals surface area contributed by atoms with E-state index < -0.39 is 10.0 Å². The first-order chi connectivity index (χ1) is 15.2. The van der Waals surface area contributed by atoms with E-state index in [2.05, 4.69) is 5.32 Å². The number of likely N-dealkylation sites (N-methyl/N-ethyl adjacent to an activating group) is 1. The van der Waals surface area contributed by atoms with Crippen LogP contribution >= 0.6 is 0 Å². The van der Waals surface area contributed by atoms with E-state index in [0.29, 0.717) is 44.2 Å². The second kappa shape index (κ2) is 12.2. The lowest BCUT2D eigenvalue weighted by atomic mass is 10.1. The summed E-state index contributed by atoms with van der Waals surface area (Å²) in [6, 6.07) is 4.55. The predicted molar refractivity (Wildman–Crippen MR) is 122 cm³/mol. The maximum Gasteiger partial charge on any atom is 0.309 e. The van der Waals surface area contributed by atoms with Gasteiger partial charge in [-0.05, 0) is 44.5 Å². The summed E-state index contributed by atoms with van der Waals surface area (Å²) in [5.74, 6) is -0.621. The molecule has 10 heteroatoms. The third kappa shape index (κ3) is 6.91. The Morgan fingerprint density at radius 2 is 1.88 bits per heavy atom. The molecule has 0 aromatic heterocycles. The summed E-state index contributed by atoms with van der Waals surface area (Å²) in [5, 5.41) is 2.79. The topological polar surface area (TPSA) is 105 Å². The molecule has 1 saturated heterocycles. The number of hydrogen-bond donors (Lipinski definition) is 1. The number of amides is 1. The van der Waals surface area contributed by atoms with Gasteiger partial charge in [-0.15, -0.1) is 0 Å². The standard InChI is InChI=1S/C22H35N3O6S/c1-5-24(15-17(3)22(27)30-4)16-21(26)23-19-14-18(10-11-20(19)31-6-2)32(28,29)25-12-8-7-9-13-25/h10-11,14,17H,5-9,12-13,15-16H2,1-4H3,(H,23,26). The van der Waals surface area contributed by atoms with Crippen LogP contribution < -0.4 is 10.1 Å². The van der Waals surface area contributed by atoms with Crippen LogP contribution in [-0.2, 0) is 24.3 Å². The number of anilines is 1. The van der Waals surface area contributed by atoms with E-state index in [1.807, 2.05) is 18.7 Å². The van der Waals surface area contributed by atoms with Crippen LogP contribution in [0.3, 0.4) is 0 Å². The molecule has 1 fully saturated rings. The number of hydrogen-bond acceptors (Lipinski definition) is 7. The Balaban J connectivity index is 2.18. The number of ether oxygens (including phenoxy) is 2. The molecule has 1 aromatic rings. The fourth-order valence-corrected chi connectivity index (χ4v) is 5.21. The van der Waals surface area contributed by atoms with E-state index in [0.717, 1.165) is 19.3 Å².